The molecule has 50 heavy (non-hydrogen) atoms. The third kappa shape index (κ3) is 16.8. The Morgan fingerprint density at radius 2 is 1.58 bits per heavy atom. The van der Waals surface area contributed by atoms with Crippen LogP contribution in [0.2, 0.25) is 0 Å². The average molecular weight is 708 g/mol. The molecule has 11 heteroatoms. The number of unbranched alkanes of at least 4 members (excludes halogenated alkanes) is 1. The highest BCUT2D eigenvalue weighted by Crippen LogP contribution is 2.33. The van der Waals surface area contributed by atoms with Crippen LogP contribution in [0.1, 0.15) is 106 Å². The fourth-order valence-electron chi connectivity index (χ4n) is 5.81. The molecule has 3 unspecified atom stereocenters. The van der Waals surface area contributed by atoms with E-state index in [-0.39, 0.29) is 36.3 Å². The van der Waals surface area contributed by atoms with Gasteiger partial charge in [-0.25, -0.2) is 4.79 Å². The molecule has 3 amide bonds. The van der Waals surface area contributed by atoms with Crippen molar-refractivity contribution in [1.29, 1.82) is 0 Å². The van der Waals surface area contributed by atoms with E-state index in [9.17, 15) is 14.4 Å². The number of alkyl carbamates (subject to hydrolysis) is 1. The third-order valence-electron chi connectivity index (χ3n) is 9.08. The first-order chi connectivity index (χ1) is 23.5. The van der Waals surface area contributed by atoms with Crippen LogP contribution in [0.15, 0.2) is 18.2 Å². The first kappa shape index (κ1) is 45.0. The first-order valence-electron chi connectivity index (χ1n) is 18.4. The molecule has 0 saturated carbocycles. The fourth-order valence-corrected chi connectivity index (χ4v) is 5.81. The zero-order valence-corrected chi connectivity index (χ0v) is 33.2. The Hall–Kier alpha value is -3.05. The highest BCUT2D eigenvalue weighted by molar-refractivity contribution is 5.84. The van der Waals surface area contributed by atoms with Gasteiger partial charge in [0.1, 0.15) is 5.72 Å². The lowest BCUT2D eigenvalue weighted by Crippen LogP contribution is -2.49. The molecule has 0 aliphatic heterocycles. The molecule has 0 aliphatic rings. The second kappa shape index (κ2) is 22.7. The molecule has 0 bridgehead atoms. The summed E-state index contributed by atoms with van der Waals surface area (Å²) < 4.78 is 28.8. The van der Waals surface area contributed by atoms with Gasteiger partial charge in [-0.15, -0.1) is 0 Å². The Balaban J connectivity index is 3.24. The second-order valence-electron chi connectivity index (χ2n) is 15.1. The van der Waals surface area contributed by atoms with Crippen molar-refractivity contribution in [2.45, 2.75) is 119 Å². The number of hydrogen-bond donors (Lipinski definition) is 3. The van der Waals surface area contributed by atoms with Gasteiger partial charge in [0, 0.05) is 39.6 Å². The quantitative estimate of drug-likeness (QED) is 0.0739. The molecule has 0 aromatic heterocycles. The smallest absolute Gasteiger partial charge is 0.409 e. The summed E-state index contributed by atoms with van der Waals surface area (Å²) in [7, 11) is 4.91. The summed E-state index contributed by atoms with van der Waals surface area (Å²) in [6, 6.07) is 6.10. The largest absolute Gasteiger partial charge is 0.493 e. The minimum absolute atomic E-state index is 0.0156. The maximum Gasteiger partial charge on any atom is 0.409 e. The van der Waals surface area contributed by atoms with Crippen LogP contribution in [-0.2, 0) is 30.2 Å². The van der Waals surface area contributed by atoms with E-state index in [1.54, 1.807) is 21.3 Å². The van der Waals surface area contributed by atoms with E-state index in [4.69, 9.17) is 23.7 Å². The van der Waals surface area contributed by atoms with Crippen molar-refractivity contribution < 1.29 is 38.1 Å². The van der Waals surface area contributed by atoms with Crippen molar-refractivity contribution in [2.24, 2.45) is 29.1 Å². The molecule has 0 heterocycles. The average Bonchev–Trinajstić information content (AvgIpc) is 3.05. The summed E-state index contributed by atoms with van der Waals surface area (Å²) in [6.45, 7) is 19.5. The molecule has 1 aromatic carbocycles. The number of carbonyl (C=O) groups excluding carboxylic acids is 3. The number of nitrogens with one attached hydrogen (secondary N) is 3. The maximum atomic E-state index is 13.6. The molecule has 0 aliphatic carbocycles. The van der Waals surface area contributed by atoms with Gasteiger partial charge in [-0.2, -0.15) is 0 Å². The van der Waals surface area contributed by atoms with Crippen molar-refractivity contribution in [2.75, 3.05) is 47.6 Å². The number of carbonyl (C=O) groups is 3. The van der Waals surface area contributed by atoms with Crippen LogP contribution in [0.25, 0.3) is 0 Å². The van der Waals surface area contributed by atoms with Gasteiger partial charge in [-0.05, 0) is 95.2 Å². The number of benzene rings is 1. The SMILES string of the molecule is CCCCOC(=O)NC(C)(C)OC(CCC(Cc1ccc(OC)c(OCCCOC)c1)C(C)C)CC(C(=O)NCC(C)(C)C(=O)NC)C(C)C. The third-order valence-corrected chi connectivity index (χ3v) is 9.08. The normalized spacial score (nSPS) is 13.8. The molecule has 288 valence electrons. The lowest BCUT2D eigenvalue weighted by Gasteiger charge is -2.35. The van der Waals surface area contributed by atoms with Crippen LogP contribution < -0.4 is 25.4 Å². The maximum absolute atomic E-state index is 13.6. The van der Waals surface area contributed by atoms with E-state index in [0.717, 1.165) is 37.7 Å². The van der Waals surface area contributed by atoms with Crippen molar-refractivity contribution in [1.82, 2.24) is 16.0 Å². The molecular formula is C39H69N3O8. The van der Waals surface area contributed by atoms with Crippen LogP contribution in [-0.4, -0.2) is 77.4 Å². The monoisotopic (exact) mass is 708 g/mol. The van der Waals surface area contributed by atoms with E-state index in [1.807, 2.05) is 54.5 Å². The van der Waals surface area contributed by atoms with Gasteiger partial charge in [-0.1, -0.05) is 47.1 Å². The second-order valence-corrected chi connectivity index (χ2v) is 15.1. The van der Waals surface area contributed by atoms with E-state index >= 15 is 0 Å². The summed E-state index contributed by atoms with van der Waals surface area (Å²) in [5.74, 6) is 1.48. The number of amides is 3. The van der Waals surface area contributed by atoms with Crippen molar-refractivity contribution in [3.05, 3.63) is 23.8 Å². The predicted molar refractivity (Wildman–Crippen MR) is 198 cm³/mol. The molecule has 3 N–H and O–H groups in total. The van der Waals surface area contributed by atoms with Gasteiger partial charge < -0.3 is 34.3 Å². The standard InChI is InChI=1S/C39H69N3O8/c1-13-14-21-49-37(45)42-39(8,9)50-31(25-32(28(4)5)35(43)41-26-38(6,7)36(44)40-10)18-17-30(27(2)3)23-29-16-19-33(47-12)34(24-29)48-22-15-20-46-11/h16,19,24,27-28,30-32H,13-15,17-18,20-23,25-26H2,1-12H3,(H,40,44)(H,41,43)(H,42,45). The minimum Gasteiger partial charge on any atom is -0.493 e. The van der Waals surface area contributed by atoms with Crippen LogP contribution in [0.4, 0.5) is 4.79 Å². The number of rotatable bonds is 25. The number of methoxy groups -OCH3 is 2. The molecule has 0 fully saturated rings. The van der Waals surface area contributed by atoms with Crippen molar-refractivity contribution in [3.63, 3.8) is 0 Å². The minimum atomic E-state index is -1.04. The highest BCUT2D eigenvalue weighted by Gasteiger charge is 2.34. The Bertz CT molecular complexity index is 1150. The Morgan fingerprint density at radius 1 is 0.880 bits per heavy atom. The zero-order valence-electron chi connectivity index (χ0n) is 33.2. The van der Waals surface area contributed by atoms with Gasteiger partial charge in [-0.3, -0.25) is 14.9 Å². The first-order valence-corrected chi connectivity index (χ1v) is 18.4. The molecule has 0 spiro atoms. The lowest BCUT2D eigenvalue weighted by molar-refractivity contribution is -0.134. The van der Waals surface area contributed by atoms with Crippen molar-refractivity contribution in [3.8, 4) is 11.5 Å². The van der Waals surface area contributed by atoms with E-state index < -0.39 is 17.2 Å². The highest BCUT2D eigenvalue weighted by atomic mass is 16.6. The summed E-state index contributed by atoms with van der Waals surface area (Å²) in [6.07, 6.45) is 4.41. The van der Waals surface area contributed by atoms with Gasteiger partial charge in [0.2, 0.25) is 11.8 Å². The van der Waals surface area contributed by atoms with Crippen LogP contribution >= 0.6 is 0 Å². The van der Waals surface area contributed by atoms with E-state index in [1.165, 1.54) is 0 Å². The molecule has 3 atom stereocenters. The van der Waals surface area contributed by atoms with Gasteiger partial charge in [0.05, 0.1) is 31.8 Å². The lowest BCUT2D eigenvalue weighted by atomic mass is 9.82. The van der Waals surface area contributed by atoms with Crippen LogP contribution in [0.3, 0.4) is 0 Å². The Labute approximate surface area is 302 Å². The van der Waals surface area contributed by atoms with Crippen LogP contribution in [0.5, 0.6) is 11.5 Å². The fraction of sp³-hybridized carbons (Fsp3) is 0.769. The number of ether oxygens (including phenoxy) is 5. The molecule has 1 aromatic rings. The van der Waals surface area contributed by atoms with Gasteiger partial charge >= 0.3 is 6.09 Å². The Kier molecular flexibility index (Phi) is 20.4. The molecule has 0 radical (unpaired) electrons. The van der Waals surface area contributed by atoms with Crippen molar-refractivity contribution >= 4 is 17.9 Å². The van der Waals surface area contributed by atoms with Crippen LogP contribution in [0, 0.1) is 29.1 Å². The number of hydrogen-bond acceptors (Lipinski definition) is 8. The topological polar surface area (TPSA) is 133 Å². The Morgan fingerprint density at radius 3 is 2.16 bits per heavy atom. The summed E-state index contributed by atoms with van der Waals surface area (Å²) in [4.78, 5) is 38.6. The summed E-state index contributed by atoms with van der Waals surface area (Å²) in [5.41, 5.74) is -0.642. The summed E-state index contributed by atoms with van der Waals surface area (Å²) >= 11 is 0. The van der Waals surface area contributed by atoms with E-state index in [0.29, 0.717) is 56.0 Å². The van der Waals surface area contributed by atoms with Gasteiger partial charge in [0.15, 0.2) is 11.5 Å². The molecule has 1 rings (SSSR count). The van der Waals surface area contributed by atoms with E-state index in [2.05, 4.69) is 41.9 Å². The summed E-state index contributed by atoms with van der Waals surface area (Å²) in [5, 5.41) is 8.57. The molecule has 11 nitrogen and oxygen atoms in total. The van der Waals surface area contributed by atoms with Gasteiger partial charge in [0.25, 0.3) is 0 Å². The zero-order chi connectivity index (χ0) is 37.9. The molecule has 0 saturated heterocycles. The predicted octanol–water partition coefficient (Wildman–Crippen LogP) is 6.90. The molecular weight excluding hydrogens is 638 g/mol.